The van der Waals surface area contributed by atoms with Crippen LogP contribution in [0.4, 0.5) is 5.69 Å². The fourth-order valence-corrected chi connectivity index (χ4v) is 2.52. The molecule has 7 nitrogen and oxygen atoms in total. The van der Waals surface area contributed by atoms with E-state index in [2.05, 4.69) is 15.8 Å². The van der Waals surface area contributed by atoms with Crippen molar-refractivity contribution in [3.8, 4) is 5.75 Å². The predicted molar refractivity (Wildman–Crippen MR) is 114 cm³/mol. The van der Waals surface area contributed by atoms with Crippen LogP contribution < -0.4 is 15.5 Å². The van der Waals surface area contributed by atoms with Crippen LogP contribution in [-0.4, -0.2) is 24.0 Å². The first-order chi connectivity index (χ1) is 14.5. The van der Waals surface area contributed by atoms with E-state index in [0.29, 0.717) is 22.6 Å². The number of hydrogen-bond acceptors (Lipinski definition) is 5. The fraction of sp³-hybridized carbons (Fsp3) is 0.0435. The molecular formula is C23H19N3O4. The molecule has 0 radical (unpaired) electrons. The van der Waals surface area contributed by atoms with Gasteiger partial charge in [-0.3, -0.25) is 14.4 Å². The first kappa shape index (κ1) is 20.5. The average Bonchev–Trinajstić information content (AvgIpc) is 2.75. The molecule has 0 spiro atoms. The Bertz CT molecular complexity index is 1060. The smallest absolute Gasteiger partial charge is 0.308 e. The van der Waals surface area contributed by atoms with Crippen LogP contribution >= 0.6 is 0 Å². The summed E-state index contributed by atoms with van der Waals surface area (Å²) < 4.78 is 4.95. The zero-order valence-electron chi connectivity index (χ0n) is 16.2. The van der Waals surface area contributed by atoms with Gasteiger partial charge in [0.2, 0.25) is 0 Å². The van der Waals surface area contributed by atoms with Gasteiger partial charge in [0.1, 0.15) is 5.75 Å². The van der Waals surface area contributed by atoms with Crippen molar-refractivity contribution in [3.63, 3.8) is 0 Å². The van der Waals surface area contributed by atoms with E-state index < -0.39 is 5.97 Å². The number of hydrogen-bond donors (Lipinski definition) is 2. The Morgan fingerprint density at radius 1 is 0.800 bits per heavy atom. The standard InChI is InChI=1S/C23H19N3O4/c1-16(27)30-21-13-7-17(8-14-21)15-24-26-23(29)19-9-11-20(12-10-19)25-22(28)18-5-3-2-4-6-18/h2-15H,1H3,(H,25,28)(H,26,29)/b24-15-. The number of amides is 2. The van der Waals surface area contributed by atoms with Crippen molar-refractivity contribution in [1.29, 1.82) is 0 Å². The number of nitrogens with zero attached hydrogens (tertiary/aromatic N) is 1. The highest BCUT2D eigenvalue weighted by Gasteiger charge is 2.07. The minimum absolute atomic E-state index is 0.225. The average molecular weight is 401 g/mol. The van der Waals surface area contributed by atoms with Gasteiger partial charge in [-0.25, -0.2) is 5.43 Å². The van der Waals surface area contributed by atoms with E-state index in [1.54, 1.807) is 72.8 Å². The quantitative estimate of drug-likeness (QED) is 0.285. The number of nitrogens with one attached hydrogen (secondary N) is 2. The molecule has 3 aromatic carbocycles. The Morgan fingerprint density at radius 2 is 1.43 bits per heavy atom. The van der Waals surface area contributed by atoms with Crippen molar-refractivity contribution in [2.45, 2.75) is 6.92 Å². The number of benzene rings is 3. The van der Waals surface area contributed by atoms with Crippen molar-refractivity contribution < 1.29 is 19.1 Å². The second-order valence-electron chi connectivity index (χ2n) is 6.26. The molecule has 0 aromatic heterocycles. The molecule has 0 unspecified atom stereocenters. The lowest BCUT2D eigenvalue weighted by atomic mass is 10.1. The molecule has 0 aliphatic heterocycles. The summed E-state index contributed by atoms with van der Waals surface area (Å²) >= 11 is 0. The summed E-state index contributed by atoms with van der Waals surface area (Å²) in [4.78, 5) is 35.2. The Labute approximate surface area is 173 Å². The molecule has 0 saturated heterocycles. The second kappa shape index (κ2) is 9.79. The van der Waals surface area contributed by atoms with Crippen LogP contribution in [0.1, 0.15) is 33.2 Å². The van der Waals surface area contributed by atoms with Gasteiger partial charge in [0.25, 0.3) is 11.8 Å². The van der Waals surface area contributed by atoms with Crippen LogP contribution in [0, 0.1) is 0 Å². The number of carbonyl (C=O) groups is 3. The highest BCUT2D eigenvalue weighted by Crippen LogP contribution is 2.12. The molecule has 0 saturated carbocycles. The summed E-state index contributed by atoms with van der Waals surface area (Å²) in [5.41, 5.74) is 4.69. The molecular weight excluding hydrogens is 382 g/mol. The summed E-state index contributed by atoms with van der Waals surface area (Å²) in [6.07, 6.45) is 1.48. The maximum Gasteiger partial charge on any atom is 0.308 e. The zero-order chi connectivity index (χ0) is 21.3. The van der Waals surface area contributed by atoms with E-state index in [0.717, 1.165) is 5.56 Å². The summed E-state index contributed by atoms with van der Waals surface area (Å²) in [6, 6.07) is 22.0. The van der Waals surface area contributed by atoms with E-state index in [1.165, 1.54) is 13.1 Å². The Kier molecular flexibility index (Phi) is 6.68. The van der Waals surface area contributed by atoms with Crippen LogP contribution in [0.3, 0.4) is 0 Å². The lowest BCUT2D eigenvalue weighted by Gasteiger charge is -2.06. The van der Waals surface area contributed by atoms with E-state index in [1.807, 2.05) is 6.07 Å². The minimum atomic E-state index is -0.394. The van der Waals surface area contributed by atoms with Crippen LogP contribution in [0.25, 0.3) is 0 Å². The van der Waals surface area contributed by atoms with Crippen molar-refractivity contribution in [2.75, 3.05) is 5.32 Å². The minimum Gasteiger partial charge on any atom is -0.427 e. The maximum atomic E-state index is 12.2. The van der Waals surface area contributed by atoms with Gasteiger partial charge in [-0.1, -0.05) is 18.2 Å². The molecule has 0 fully saturated rings. The molecule has 0 aliphatic rings. The molecule has 2 amide bonds. The van der Waals surface area contributed by atoms with Crippen molar-refractivity contribution >= 4 is 29.7 Å². The number of anilines is 1. The molecule has 3 rings (SSSR count). The van der Waals surface area contributed by atoms with E-state index in [9.17, 15) is 14.4 Å². The third kappa shape index (κ3) is 5.87. The molecule has 7 heteroatoms. The van der Waals surface area contributed by atoms with E-state index in [-0.39, 0.29) is 11.8 Å². The van der Waals surface area contributed by atoms with Gasteiger partial charge in [-0.05, 0) is 66.2 Å². The van der Waals surface area contributed by atoms with Crippen molar-refractivity contribution in [1.82, 2.24) is 5.43 Å². The van der Waals surface area contributed by atoms with Gasteiger partial charge in [0.05, 0.1) is 6.21 Å². The third-order valence-corrected chi connectivity index (χ3v) is 3.96. The first-order valence-corrected chi connectivity index (χ1v) is 9.09. The van der Waals surface area contributed by atoms with Crippen LogP contribution in [-0.2, 0) is 4.79 Å². The Morgan fingerprint density at radius 3 is 2.07 bits per heavy atom. The zero-order valence-corrected chi connectivity index (χ0v) is 16.2. The predicted octanol–water partition coefficient (Wildman–Crippen LogP) is 3.63. The van der Waals surface area contributed by atoms with Crippen molar-refractivity contribution in [2.24, 2.45) is 5.10 Å². The van der Waals surface area contributed by atoms with E-state index in [4.69, 9.17) is 4.74 Å². The van der Waals surface area contributed by atoms with Gasteiger partial charge in [-0.15, -0.1) is 0 Å². The topological polar surface area (TPSA) is 96.9 Å². The van der Waals surface area contributed by atoms with Gasteiger partial charge >= 0.3 is 5.97 Å². The highest BCUT2D eigenvalue weighted by molar-refractivity contribution is 6.04. The molecule has 150 valence electrons. The summed E-state index contributed by atoms with van der Waals surface area (Å²) in [5, 5.41) is 6.69. The molecule has 0 heterocycles. The number of esters is 1. The number of hydrazone groups is 1. The first-order valence-electron chi connectivity index (χ1n) is 9.09. The second-order valence-corrected chi connectivity index (χ2v) is 6.26. The summed E-state index contributed by atoms with van der Waals surface area (Å²) in [6.45, 7) is 1.33. The monoisotopic (exact) mass is 401 g/mol. The fourth-order valence-electron chi connectivity index (χ4n) is 2.52. The van der Waals surface area contributed by atoms with Crippen LogP contribution in [0.5, 0.6) is 5.75 Å². The van der Waals surface area contributed by atoms with Crippen LogP contribution in [0.15, 0.2) is 84.0 Å². The van der Waals surface area contributed by atoms with Gasteiger partial charge in [-0.2, -0.15) is 5.10 Å². The van der Waals surface area contributed by atoms with Gasteiger partial charge in [0.15, 0.2) is 0 Å². The molecule has 30 heavy (non-hydrogen) atoms. The molecule has 3 aromatic rings. The number of ether oxygens (including phenoxy) is 1. The third-order valence-electron chi connectivity index (χ3n) is 3.96. The largest absolute Gasteiger partial charge is 0.427 e. The molecule has 0 aliphatic carbocycles. The lowest BCUT2D eigenvalue weighted by Crippen LogP contribution is -2.17. The Hall–Kier alpha value is -4.26. The molecule has 2 N–H and O–H groups in total. The van der Waals surface area contributed by atoms with Gasteiger partial charge < -0.3 is 10.1 Å². The molecule has 0 atom stereocenters. The molecule has 0 bridgehead atoms. The van der Waals surface area contributed by atoms with Crippen molar-refractivity contribution in [3.05, 3.63) is 95.6 Å². The number of carbonyl (C=O) groups excluding carboxylic acids is 3. The summed E-state index contributed by atoms with van der Waals surface area (Å²) in [5.74, 6) is -0.571. The SMILES string of the molecule is CC(=O)Oc1ccc(/C=N\NC(=O)c2ccc(NC(=O)c3ccccc3)cc2)cc1. The van der Waals surface area contributed by atoms with Gasteiger partial charge in [0, 0.05) is 23.7 Å². The maximum absolute atomic E-state index is 12.2. The normalized spacial score (nSPS) is 10.4. The Balaban J connectivity index is 1.53. The highest BCUT2D eigenvalue weighted by atomic mass is 16.5. The van der Waals surface area contributed by atoms with Crippen LogP contribution in [0.2, 0.25) is 0 Å². The summed E-state index contributed by atoms with van der Waals surface area (Å²) in [7, 11) is 0. The number of rotatable bonds is 6. The lowest BCUT2D eigenvalue weighted by molar-refractivity contribution is -0.131. The van der Waals surface area contributed by atoms with E-state index >= 15 is 0 Å².